The van der Waals surface area contributed by atoms with E-state index in [1.54, 1.807) is 12.3 Å². The fourth-order valence-corrected chi connectivity index (χ4v) is 2.42. The summed E-state index contributed by atoms with van der Waals surface area (Å²) in [6.45, 7) is 3.94. The molecule has 0 bridgehead atoms. The Bertz CT molecular complexity index is 749. The van der Waals surface area contributed by atoms with Gasteiger partial charge in [-0.3, -0.25) is 4.79 Å². The van der Waals surface area contributed by atoms with E-state index in [4.69, 9.17) is 4.42 Å². The Kier molecular flexibility index (Phi) is 2.75. The molecule has 2 heterocycles. The molecule has 3 aromatic rings. The second kappa shape index (κ2) is 4.43. The van der Waals surface area contributed by atoms with Gasteiger partial charge in [0.15, 0.2) is 5.78 Å². The monoisotopic (exact) mass is 253 g/mol. The molecule has 1 N–H and O–H groups in total. The molecule has 0 spiro atoms. The molecule has 1 aromatic carbocycles. The predicted octanol–water partition coefficient (Wildman–Crippen LogP) is 3.86. The molecule has 2 aromatic heterocycles. The molecule has 0 amide bonds. The third kappa shape index (κ3) is 1.87. The number of H-pyrrole nitrogens is 1. The maximum absolute atomic E-state index is 12.5. The lowest BCUT2D eigenvalue weighted by Gasteiger charge is -2.00. The molecule has 0 unspecified atom stereocenters. The molecule has 19 heavy (non-hydrogen) atoms. The Balaban J connectivity index is 2.13. The molecule has 0 aliphatic heterocycles. The van der Waals surface area contributed by atoms with E-state index in [0.29, 0.717) is 11.1 Å². The summed E-state index contributed by atoms with van der Waals surface area (Å²) < 4.78 is 5.21. The molecular weight excluding hydrogens is 238 g/mol. The molecule has 3 heteroatoms. The first-order valence-corrected chi connectivity index (χ1v) is 6.39. The van der Waals surface area contributed by atoms with Crippen molar-refractivity contribution in [3.63, 3.8) is 0 Å². The number of fused-ring (bicyclic) bond motifs is 1. The van der Waals surface area contributed by atoms with Crippen LogP contribution in [-0.4, -0.2) is 10.8 Å². The van der Waals surface area contributed by atoms with E-state index in [1.807, 2.05) is 19.1 Å². The van der Waals surface area contributed by atoms with Crippen LogP contribution >= 0.6 is 0 Å². The van der Waals surface area contributed by atoms with Crippen molar-refractivity contribution < 1.29 is 9.21 Å². The van der Waals surface area contributed by atoms with E-state index in [-0.39, 0.29) is 5.78 Å². The summed E-state index contributed by atoms with van der Waals surface area (Å²) >= 11 is 0. The minimum atomic E-state index is -0.00338. The zero-order valence-corrected chi connectivity index (χ0v) is 11.0. The molecule has 0 atom stereocenters. The van der Waals surface area contributed by atoms with Crippen molar-refractivity contribution in [3.8, 4) is 0 Å². The zero-order valence-electron chi connectivity index (χ0n) is 11.0. The Morgan fingerprint density at radius 1 is 1.37 bits per heavy atom. The fraction of sp³-hybridized carbons (Fsp3) is 0.188. The topological polar surface area (TPSA) is 46.0 Å². The molecule has 3 rings (SSSR count). The van der Waals surface area contributed by atoms with Crippen molar-refractivity contribution in [2.45, 2.75) is 20.3 Å². The van der Waals surface area contributed by atoms with Crippen LogP contribution in [0.5, 0.6) is 0 Å². The number of aromatic nitrogens is 1. The fourth-order valence-electron chi connectivity index (χ4n) is 2.42. The SMILES string of the molecule is CCc1cccc2c(C(=O)c3coc(C)c3)c[nH]c12. The van der Waals surface area contributed by atoms with E-state index in [9.17, 15) is 4.79 Å². The Morgan fingerprint density at radius 3 is 2.89 bits per heavy atom. The lowest BCUT2D eigenvalue weighted by molar-refractivity contribution is 0.103. The Hall–Kier alpha value is -2.29. The van der Waals surface area contributed by atoms with Crippen LogP contribution in [0.4, 0.5) is 0 Å². The summed E-state index contributed by atoms with van der Waals surface area (Å²) in [5, 5.41) is 0.975. The van der Waals surface area contributed by atoms with Crippen LogP contribution in [-0.2, 0) is 6.42 Å². The smallest absolute Gasteiger partial charge is 0.198 e. The molecule has 0 fully saturated rings. The van der Waals surface area contributed by atoms with Gasteiger partial charge in [-0.05, 0) is 25.0 Å². The first-order chi connectivity index (χ1) is 9.20. The molecule has 0 saturated heterocycles. The highest BCUT2D eigenvalue weighted by Gasteiger charge is 2.16. The molecule has 0 aliphatic rings. The third-order valence-corrected chi connectivity index (χ3v) is 3.42. The van der Waals surface area contributed by atoms with E-state index in [1.165, 1.54) is 11.8 Å². The quantitative estimate of drug-likeness (QED) is 0.720. The normalized spacial score (nSPS) is 11.1. The van der Waals surface area contributed by atoms with Gasteiger partial charge < -0.3 is 9.40 Å². The number of benzene rings is 1. The standard InChI is InChI=1S/C16H15NO2/c1-3-11-5-4-6-13-14(8-17-15(11)13)16(18)12-7-10(2)19-9-12/h4-9,17H,3H2,1-2H3. The highest BCUT2D eigenvalue weighted by molar-refractivity contribution is 6.16. The summed E-state index contributed by atoms with van der Waals surface area (Å²) in [5.74, 6) is 0.744. The molecule has 0 radical (unpaired) electrons. The van der Waals surface area contributed by atoms with Crippen LogP contribution < -0.4 is 0 Å². The molecule has 96 valence electrons. The Morgan fingerprint density at radius 2 is 2.21 bits per heavy atom. The molecule has 0 aliphatic carbocycles. The second-order valence-corrected chi connectivity index (χ2v) is 4.67. The van der Waals surface area contributed by atoms with Gasteiger partial charge in [-0.2, -0.15) is 0 Å². The number of carbonyl (C=O) groups is 1. The van der Waals surface area contributed by atoms with Crippen molar-refractivity contribution in [1.29, 1.82) is 0 Å². The van der Waals surface area contributed by atoms with Gasteiger partial charge in [-0.1, -0.05) is 25.1 Å². The van der Waals surface area contributed by atoms with Crippen LogP contribution in [0.3, 0.4) is 0 Å². The van der Waals surface area contributed by atoms with Crippen LogP contribution in [0.25, 0.3) is 10.9 Å². The lowest BCUT2D eigenvalue weighted by Crippen LogP contribution is -1.98. The average molecular weight is 253 g/mol. The summed E-state index contributed by atoms with van der Waals surface area (Å²) in [7, 11) is 0. The van der Waals surface area contributed by atoms with Gasteiger partial charge in [0.1, 0.15) is 12.0 Å². The number of ketones is 1. The number of furan rings is 1. The van der Waals surface area contributed by atoms with Crippen molar-refractivity contribution >= 4 is 16.7 Å². The van der Waals surface area contributed by atoms with E-state index in [2.05, 4.69) is 18.0 Å². The summed E-state index contributed by atoms with van der Waals surface area (Å²) in [6, 6.07) is 7.82. The number of hydrogen-bond donors (Lipinski definition) is 1. The van der Waals surface area contributed by atoms with Gasteiger partial charge in [0.05, 0.1) is 5.56 Å². The summed E-state index contributed by atoms with van der Waals surface area (Å²) in [5.41, 5.74) is 3.57. The van der Waals surface area contributed by atoms with Crippen molar-refractivity contribution in [2.75, 3.05) is 0 Å². The number of rotatable bonds is 3. The molecular formula is C16H15NO2. The van der Waals surface area contributed by atoms with Crippen molar-refractivity contribution in [3.05, 3.63) is 59.2 Å². The predicted molar refractivity (Wildman–Crippen MR) is 74.6 cm³/mol. The van der Waals surface area contributed by atoms with Crippen LogP contribution in [0.15, 0.2) is 41.1 Å². The average Bonchev–Trinajstić information content (AvgIpc) is 3.03. The minimum absolute atomic E-state index is 0.00338. The Labute approximate surface area is 111 Å². The third-order valence-electron chi connectivity index (χ3n) is 3.42. The number of nitrogens with one attached hydrogen (secondary N) is 1. The van der Waals surface area contributed by atoms with Crippen LogP contribution in [0.2, 0.25) is 0 Å². The van der Waals surface area contributed by atoms with Gasteiger partial charge in [0.2, 0.25) is 0 Å². The molecule has 3 nitrogen and oxygen atoms in total. The van der Waals surface area contributed by atoms with Crippen molar-refractivity contribution in [2.24, 2.45) is 0 Å². The number of aromatic amines is 1. The van der Waals surface area contributed by atoms with Gasteiger partial charge in [-0.15, -0.1) is 0 Å². The summed E-state index contributed by atoms with van der Waals surface area (Å²) in [6.07, 6.45) is 4.24. The molecule has 0 saturated carbocycles. The van der Waals surface area contributed by atoms with E-state index >= 15 is 0 Å². The number of hydrogen-bond acceptors (Lipinski definition) is 2. The first-order valence-electron chi connectivity index (χ1n) is 6.39. The van der Waals surface area contributed by atoms with Gasteiger partial charge in [-0.25, -0.2) is 0 Å². The highest BCUT2D eigenvalue weighted by atomic mass is 16.3. The van der Waals surface area contributed by atoms with E-state index < -0.39 is 0 Å². The van der Waals surface area contributed by atoms with Crippen LogP contribution in [0.1, 0.15) is 34.2 Å². The van der Waals surface area contributed by atoms with Crippen molar-refractivity contribution in [1.82, 2.24) is 4.98 Å². The number of aryl methyl sites for hydroxylation is 2. The van der Waals surface area contributed by atoms with E-state index in [0.717, 1.165) is 23.1 Å². The van der Waals surface area contributed by atoms with Gasteiger partial charge in [0.25, 0.3) is 0 Å². The zero-order chi connectivity index (χ0) is 13.4. The lowest BCUT2D eigenvalue weighted by atomic mass is 10.0. The minimum Gasteiger partial charge on any atom is -0.469 e. The first kappa shape index (κ1) is 11.8. The van der Waals surface area contributed by atoms with Gasteiger partial charge in [0, 0.05) is 22.7 Å². The maximum atomic E-state index is 12.5. The van der Waals surface area contributed by atoms with Gasteiger partial charge >= 0.3 is 0 Å². The maximum Gasteiger partial charge on any atom is 0.198 e. The number of carbonyl (C=O) groups excluding carboxylic acids is 1. The number of para-hydroxylation sites is 1. The van der Waals surface area contributed by atoms with Crippen LogP contribution in [0, 0.1) is 6.92 Å². The highest BCUT2D eigenvalue weighted by Crippen LogP contribution is 2.24. The summed E-state index contributed by atoms with van der Waals surface area (Å²) in [4.78, 5) is 15.7. The largest absolute Gasteiger partial charge is 0.469 e. The second-order valence-electron chi connectivity index (χ2n) is 4.67.